The van der Waals surface area contributed by atoms with Crippen LogP contribution in [0.1, 0.15) is 32.4 Å². The maximum absolute atomic E-state index is 5.05. The smallest absolute Gasteiger partial charge is 0.129 e. The molecule has 1 rings (SSSR count). The number of anilines is 1. The van der Waals surface area contributed by atoms with E-state index in [0.29, 0.717) is 12.5 Å². The van der Waals surface area contributed by atoms with Crippen LogP contribution in [-0.2, 0) is 4.74 Å². The van der Waals surface area contributed by atoms with Gasteiger partial charge < -0.3 is 10.1 Å². The van der Waals surface area contributed by atoms with Crippen molar-refractivity contribution in [2.45, 2.75) is 32.7 Å². The number of methoxy groups -OCH3 is 1. The molecule has 0 radical (unpaired) electrons. The molecule has 84 valence electrons. The normalized spacial score (nSPS) is 12.9. The van der Waals surface area contributed by atoms with Gasteiger partial charge in [-0.2, -0.15) is 0 Å². The lowest BCUT2D eigenvalue weighted by Gasteiger charge is -2.14. The molecular weight excluding hydrogens is 190 g/mol. The first kappa shape index (κ1) is 11.9. The minimum Gasteiger partial charge on any atom is -0.383 e. The summed E-state index contributed by atoms with van der Waals surface area (Å²) < 4.78 is 5.05. The summed E-state index contributed by atoms with van der Waals surface area (Å²) in [6.45, 7) is 6.96. The maximum atomic E-state index is 5.05. The SMILES string of the molecule is COCC(C)Nc1cc(C(C)C)ncn1. The van der Waals surface area contributed by atoms with E-state index in [1.54, 1.807) is 13.4 Å². The van der Waals surface area contributed by atoms with E-state index >= 15 is 0 Å². The van der Waals surface area contributed by atoms with Crippen LogP contribution in [0.3, 0.4) is 0 Å². The monoisotopic (exact) mass is 209 g/mol. The Morgan fingerprint density at radius 2 is 2.07 bits per heavy atom. The van der Waals surface area contributed by atoms with Gasteiger partial charge in [0.25, 0.3) is 0 Å². The van der Waals surface area contributed by atoms with Crippen molar-refractivity contribution in [3.05, 3.63) is 18.1 Å². The highest BCUT2D eigenvalue weighted by molar-refractivity contribution is 5.36. The lowest BCUT2D eigenvalue weighted by atomic mass is 10.1. The zero-order valence-electron chi connectivity index (χ0n) is 9.82. The van der Waals surface area contributed by atoms with Crippen LogP contribution >= 0.6 is 0 Å². The van der Waals surface area contributed by atoms with E-state index in [0.717, 1.165) is 11.5 Å². The molecule has 4 heteroatoms. The molecule has 0 spiro atoms. The van der Waals surface area contributed by atoms with E-state index < -0.39 is 0 Å². The summed E-state index contributed by atoms with van der Waals surface area (Å²) in [6, 6.07) is 2.24. The fourth-order valence-corrected chi connectivity index (χ4v) is 1.31. The molecular formula is C11H19N3O. The van der Waals surface area contributed by atoms with Crippen molar-refractivity contribution in [1.29, 1.82) is 0 Å². The lowest BCUT2D eigenvalue weighted by molar-refractivity contribution is 0.190. The zero-order chi connectivity index (χ0) is 11.3. The minimum absolute atomic E-state index is 0.255. The van der Waals surface area contributed by atoms with E-state index in [9.17, 15) is 0 Å². The fraction of sp³-hybridized carbons (Fsp3) is 0.636. The Morgan fingerprint density at radius 1 is 1.33 bits per heavy atom. The van der Waals surface area contributed by atoms with Crippen molar-refractivity contribution in [3.63, 3.8) is 0 Å². The first-order valence-corrected chi connectivity index (χ1v) is 5.21. The second-order valence-corrected chi connectivity index (χ2v) is 3.98. The summed E-state index contributed by atoms with van der Waals surface area (Å²) in [5, 5.41) is 3.26. The summed E-state index contributed by atoms with van der Waals surface area (Å²) in [5.74, 6) is 1.28. The van der Waals surface area contributed by atoms with E-state index in [4.69, 9.17) is 4.74 Å². The first-order chi connectivity index (χ1) is 7.13. The topological polar surface area (TPSA) is 47.0 Å². The van der Waals surface area contributed by atoms with E-state index in [-0.39, 0.29) is 6.04 Å². The minimum atomic E-state index is 0.255. The van der Waals surface area contributed by atoms with Crippen LogP contribution < -0.4 is 5.32 Å². The molecule has 0 fully saturated rings. The number of rotatable bonds is 5. The van der Waals surface area contributed by atoms with Crippen molar-refractivity contribution in [2.75, 3.05) is 19.0 Å². The van der Waals surface area contributed by atoms with Crippen LogP contribution in [0, 0.1) is 0 Å². The molecule has 0 aromatic carbocycles. The maximum Gasteiger partial charge on any atom is 0.129 e. The molecule has 0 aliphatic rings. The van der Waals surface area contributed by atoms with Gasteiger partial charge in [-0.15, -0.1) is 0 Å². The van der Waals surface area contributed by atoms with E-state index in [1.807, 2.05) is 6.07 Å². The summed E-state index contributed by atoms with van der Waals surface area (Å²) in [4.78, 5) is 8.38. The summed E-state index contributed by atoms with van der Waals surface area (Å²) in [7, 11) is 1.69. The molecule has 0 saturated carbocycles. The third kappa shape index (κ3) is 3.83. The fourth-order valence-electron chi connectivity index (χ4n) is 1.31. The third-order valence-electron chi connectivity index (χ3n) is 2.09. The molecule has 1 unspecified atom stereocenters. The number of hydrogen-bond acceptors (Lipinski definition) is 4. The predicted molar refractivity (Wildman–Crippen MR) is 61.1 cm³/mol. The van der Waals surface area contributed by atoms with Crippen molar-refractivity contribution >= 4 is 5.82 Å². The Morgan fingerprint density at radius 3 is 2.67 bits per heavy atom. The average Bonchev–Trinajstić information content (AvgIpc) is 2.18. The van der Waals surface area contributed by atoms with Crippen LogP contribution in [-0.4, -0.2) is 29.7 Å². The molecule has 4 nitrogen and oxygen atoms in total. The van der Waals surface area contributed by atoms with Crippen LogP contribution in [0.25, 0.3) is 0 Å². The molecule has 15 heavy (non-hydrogen) atoms. The molecule has 0 aliphatic carbocycles. The molecule has 0 aliphatic heterocycles. The van der Waals surface area contributed by atoms with Crippen molar-refractivity contribution in [2.24, 2.45) is 0 Å². The summed E-state index contributed by atoms with van der Waals surface area (Å²) in [6.07, 6.45) is 1.59. The van der Waals surface area contributed by atoms with Gasteiger partial charge >= 0.3 is 0 Å². The largest absolute Gasteiger partial charge is 0.383 e. The Bertz CT molecular complexity index is 302. The average molecular weight is 209 g/mol. The molecule has 1 N–H and O–H groups in total. The van der Waals surface area contributed by atoms with Crippen molar-refractivity contribution < 1.29 is 4.74 Å². The summed E-state index contributed by atoms with van der Waals surface area (Å²) in [5.41, 5.74) is 1.05. The molecule has 0 saturated heterocycles. The van der Waals surface area contributed by atoms with E-state index in [2.05, 4.69) is 36.1 Å². The van der Waals surface area contributed by atoms with Crippen LogP contribution in [0.4, 0.5) is 5.82 Å². The van der Waals surface area contributed by atoms with Crippen LogP contribution in [0.5, 0.6) is 0 Å². The standard InChI is InChI=1S/C11H19N3O/c1-8(2)10-5-11(13-7-12-10)14-9(3)6-15-4/h5,7-9H,6H2,1-4H3,(H,12,13,14). The summed E-state index contributed by atoms with van der Waals surface area (Å²) >= 11 is 0. The molecule has 1 heterocycles. The van der Waals surface area contributed by atoms with Gasteiger partial charge in [0.2, 0.25) is 0 Å². The van der Waals surface area contributed by atoms with Gasteiger partial charge in [0.05, 0.1) is 6.61 Å². The number of ether oxygens (including phenoxy) is 1. The Balaban J connectivity index is 2.65. The van der Waals surface area contributed by atoms with Crippen molar-refractivity contribution in [1.82, 2.24) is 9.97 Å². The Kier molecular flexibility index (Phi) is 4.49. The van der Waals surface area contributed by atoms with Gasteiger partial charge in [-0.25, -0.2) is 9.97 Å². The first-order valence-electron chi connectivity index (χ1n) is 5.21. The number of hydrogen-bond donors (Lipinski definition) is 1. The molecule has 0 bridgehead atoms. The Labute approximate surface area is 91.1 Å². The van der Waals surface area contributed by atoms with Crippen LogP contribution in [0.2, 0.25) is 0 Å². The molecule has 0 amide bonds. The number of nitrogens with zero attached hydrogens (tertiary/aromatic N) is 2. The number of aromatic nitrogens is 2. The molecule has 1 atom stereocenters. The highest BCUT2D eigenvalue weighted by Gasteiger charge is 2.05. The van der Waals surface area contributed by atoms with Gasteiger partial charge in [-0.05, 0) is 12.8 Å². The van der Waals surface area contributed by atoms with Gasteiger partial charge in [0.15, 0.2) is 0 Å². The van der Waals surface area contributed by atoms with E-state index in [1.165, 1.54) is 0 Å². The second kappa shape index (κ2) is 5.66. The third-order valence-corrected chi connectivity index (χ3v) is 2.09. The van der Waals surface area contributed by atoms with Gasteiger partial charge in [-0.1, -0.05) is 13.8 Å². The Hall–Kier alpha value is -1.16. The van der Waals surface area contributed by atoms with Gasteiger partial charge in [0, 0.05) is 24.9 Å². The second-order valence-electron chi connectivity index (χ2n) is 3.98. The highest BCUT2D eigenvalue weighted by atomic mass is 16.5. The molecule has 1 aromatic heterocycles. The predicted octanol–water partition coefficient (Wildman–Crippen LogP) is 2.05. The van der Waals surface area contributed by atoms with Crippen molar-refractivity contribution in [3.8, 4) is 0 Å². The lowest BCUT2D eigenvalue weighted by Crippen LogP contribution is -2.21. The number of nitrogens with one attached hydrogen (secondary N) is 1. The zero-order valence-corrected chi connectivity index (χ0v) is 9.82. The van der Waals surface area contributed by atoms with Crippen LogP contribution in [0.15, 0.2) is 12.4 Å². The van der Waals surface area contributed by atoms with Gasteiger partial charge in [-0.3, -0.25) is 0 Å². The van der Waals surface area contributed by atoms with Gasteiger partial charge in [0.1, 0.15) is 12.1 Å². The highest BCUT2D eigenvalue weighted by Crippen LogP contribution is 2.14. The quantitative estimate of drug-likeness (QED) is 0.806. The molecule has 1 aromatic rings.